The summed E-state index contributed by atoms with van der Waals surface area (Å²) in [6, 6.07) is 0. The highest BCUT2D eigenvalue weighted by Gasteiger charge is 2.64. The smallest absolute Gasteiger partial charge is 0.302 e. The topological polar surface area (TPSA) is 43.4 Å². The summed E-state index contributed by atoms with van der Waals surface area (Å²) in [7, 11) is 0. The first-order chi connectivity index (χ1) is 15.5. The van der Waals surface area contributed by atoms with Crippen molar-refractivity contribution >= 4 is 11.8 Å². The average molecular weight is 459 g/mol. The van der Waals surface area contributed by atoms with E-state index in [0.717, 1.165) is 37.5 Å². The Morgan fingerprint density at radius 3 is 2.39 bits per heavy atom. The van der Waals surface area contributed by atoms with Gasteiger partial charge < -0.3 is 4.74 Å². The lowest BCUT2D eigenvalue weighted by Gasteiger charge is -2.60. The van der Waals surface area contributed by atoms with E-state index in [9.17, 15) is 9.59 Å². The molecule has 0 aromatic carbocycles. The van der Waals surface area contributed by atoms with Crippen LogP contribution in [0.15, 0.2) is 0 Å². The molecule has 4 saturated carbocycles. The number of carbonyl (C=O) groups excluding carboxylic acids is 2. The summed E-state index contributed by atoms with van der Waals surface area (Å²) in [6.07, 6.45) is 11.6. The molecule has 0 radical (unpaired) electrons. The molecule has 33 heavy (non-hydrogen) atoms. The highest BCUT2D eigenvalue weighted by Crippen LogP contribution is 2.67. The lowest BCUT2D eigenvalue weighted by molar-refractivity contribution is -0.167. The van der Waals surface area contributed by atoms with Crippen LogP contribution in [0.4, 0.5) is 0 Å². The van der Waals surface area contributed by atoms with Crippen molar-refractivity contribution in [3.05, 3.63) is 0 Å². The SMILES string of the molecule is CC(=O)OC1CCC2(C)C(CCC3C2CC(=O)C2(C)C(C(C)CCC(C)C(C)C)CCC32)C1. The van der Waals surface area contributed by atoms with Gasteiger partial charge >= 0.3 is 5.97 Å². The zero-order valence-electron chi connectivity index (χ0n) is 22.5. The van der Waals surface area contributed by atoms with Crippen molar-refractivity contribution in [2.45, 2.75) is 119 Å². The van der Waals surface area contributed by atoms with Crippen LogP contribution in [0.3, 0.4) is 0 Å². The van der Waals surface area contributed by atoms with Crippen LogP contribution in [0.1, 0.15) is 113 Å². The fourth-order valence-electron chi connectivity index (χ4n) is 9.27. The van der Waals surface area contributed by atoms with E-state index in [2.05, 4.69) is 41.5 Å². The molecule has 0 aliphatic heterocycles. The van der Waals surface area contributed by atoms with Crippen LogP contribution < -0.4 is 0 Å². The van der Waals surface area contributed by atoms with Gasteiger partial charge in [-0.05, 0) is 97.7 Å². The number of rotatable bonds is 6. The Labute approximate surface area is 203 Å². The molecule has 0 heterocycles. The van der Waals surface area contributed by atoms with Gasteiger partial charge in [-0.3, -0.25) is 9.59 Å². The first kappa shape index (κ1) is 25.2. The molecule has 4 aliphatic rings. The fraction of sp³-hybridized carbons (Fsp3) is 0.933. The Kier molecular flexibility index (Phi) is 7.12. The minimum atomic E-state index is -0.144. The molecule has 3 nitrogen and oxygen atoms in total. The van der Waals surface area contributed by atoms with Crippen molar-refractivity contribution in [3.63, 3.8) is 0 Å². The summed E-state index contributed by atoms with van der Waals surface area (Å²) < 4.78 is 5.62. The monoisotopic (exact) mass is 458 g/mol. The fourth-order valence-corrected chi connectivity index (χ4v) is 9.27. The van der Waals surface area contributed by atoms with E-state index in [1.54, 1.807) is 0 Å². The third-order valence-corrected chi connectivity index (χ3v) is 11.8. The number of hydrogen-bond acceptors (Lipinski definition) is 3. The lowest BCUT2D eigenvalue weighted by Crippen LogP contribution is -2.57. The zero-order valence-corrected chi connectivity index (χ0v) is 22.5. The number of ether oxygens (including phenoxy) is 1. The van der Waals surface area contributed by atoms with E-state index in [-0.39, 0.29) is 22.9 Å². The standard InChI is InChI=1S/C30H50O3/c1-18(2)19(3)8-9-20(4)25-12-13-26-24-11-10-22-16-23(33-21(5)31)14-15-29(22,6)27(24)17-28(32)30(25,26)7/h18-20,22-27H,8-17H2,1-7H3. The second-order valence-corrected chi connectivity index (χ2v) is 13.5. The summed E-state index contributed by atoms with van der Waals surface area (Å²) >= 11 is 0. The molecular weight excluding hydrogens is 408 g/mol. The van der Waals surface area contributed by atoms with Crippen molar-refractivity contribution < 1.29 is 14.3 Å². The van der Waals surface area contributed by atoms with Gasteiger partial charge in [0.1, 0.15) is 11.9 Å². The number of Topliss-reactive ketones (excluding diaryl/α,β-unsaturated/α-hetero) is 1. The Morgan fingerprint density at radius 1 is 1.00 bits per heavy atom. The molecular formula is C30H50O3. The van der Waals surface area contributed by atoms with Gasteiger partial charge in [0.15, 0.2) is 0 Å². The molecule has 0 spiro atoms. The summed E-state index contributed by atoms with van der Waals surface area (Å²) in [5.74, 6) is 5.60. The van der Waals surface area contributed by atoms with E-state index in [1.807, 2.05) is 0 Å². The summed E-state index contributed by atoms with van der Waals surface area (Å²) in [4.78, 5) is 25.5. The predicted octanol–water partition coefficient (Wildman–Crippen LogP) is 7.46. The first-order valence-electron chi connectivity index (χ1n) is 14.2. The molecule has 0 aromatic heterocycles. The minimum absolute atomic E-state index is 0.0895. The average Bonchev–Trinajstić information content (AvgIpc) is 3.11. The summed E-state index contributed by atoms with van der Waals surface area (Å²) in [6.45, 7) is 15.9. The van der Waals surface area contributed by atoms with E-state index in [1.165, 1.54) is 45.4 Å². The van der Waals surface area contributed by atoms with Crippen LogP contribution in [0.25, 0.3) is 0 Å². The van der Waals surface area contributed by atoms with Crippen molar-refractivity contribution in [1.29, 1.82) is 0 Å². The number of fused-ring (bicyclic) bond motifs is 5. The number of carbonyl (C=O) groups is 2. The first-order valence-corrected chi connectivity index (χ1v) is 14.2. The number of ketones is 1. The molecule has 188 valence electrons. The second-order valence-electron chi connectivity index (χ2n) is 13.5. The van der Waals surface area contributed by atoms with Crippen molar-refractivity contribution in [2.24, 2.45) is 58.2 Å². The van der Waals surface area contributed by atoms with Gasteiger partial charge in [0.05, 0.1) is 0 Å². The zero-order chi connectivity index (χ0) is 24.1. The molecule has 10 unspecified atom stereocenters. The van der Waals surface area contributed by atoms with Gasteiger partial charge in [0, 0.05) is 18.8 Å². The molecule has 0 aromatic rings. The highest BCUT2D eigenvalue weighted by atomic mass is 16.5. The van der Waals surface area contributed by atoms with Crippen LogP contribution in [0.5, 0.6) is 0 Å². The van der Waals surface area contributed by atoms with Gasteiger partial charge in [-0.25, -0.2) is 0 Å². The number of esters is 1. The maximum atomic E-state index is 14.0. The van der Waals surface area contributed by atoms with E-state index in [0.29, 0.717) is 41.3 Å². The Bertz CT molecular complexity index is 743. The van der Waals surface area contributed by atoms with E-state index in [4.69, 9.17) is 4.74 Å². The predicted molar refractivity (Wildman–Crippen MR) is 134 cm³/mol. The lowest BCUT2D eigenvalue weighted by atomic mass is 9.44. The maximum absolute atomic E-state index is 14.0. The maximum Gasteiger partial charge on any atom is 0.302 e. The Hall–Kier alpha value is -0.860. The van der Waals surface area contributed by atoms with Gasteiger partial charge in [0.2, 0.25) is 0 Å². The third kappa shape index (κ3) is 4.33. The quantitative estimate of drug-likeness (QED) is 0.388. The largest absolute Gasteiger partial charge is 0.463 e. The molecule has 4 fully saturated rings. The molecule has 0 bridgehead atoms. The Morgan fingerprint density at radius 2 is 1.73 bits per heavy atom. The summed E-state index contributed by atoms with van der Waals surface area (Å²) in [5.41, 5.74) is 0.146. The van der Waals surface area contributed by atoms with Gasteiger partial charge in [-0.15, -0.1) is 0 Å². The summed E-state index contributed by atoms with van der Waals surface area (Å²) in [5, 5.41) is 0. The number of hydrogen-bond donors (Lipinski definition) is 0. The van der Waals surface area contributed by atoms with Crippen molar-refractivity contribution in [2.75, 3.05) is 0 Å². The molecule has 3 heteroatoms. The van der Waals surface area contributed by atoms with Crippen LogP contribution in [-0.2, 0) is 14.3 Å². The van der Waals surface area contributed by atoms with E-state index >= 15 is 0 Å². The van der Waals surface area contributed by atoms with Crippen LogP contribution in [0, 0.1) is 58.2 Å². The highest BCUT2D eigenvalue weighted by molar-refractivity contribution is 5.87. The minimum Gasteiger partial charge on any atom is -0.463 e. The molecule has 10 atom stereocenters. The van der Waals surface area contributed by atoms with Gasteiger partial charge in [0.25, 0.3) is 0 Å². The van der Waals surface area contributed by atoms with Crippen LogP contribution in [-0.4, -0.2) is 17.9 Å². The molecule has 4 rings (SSSR count). The van der Waals surface area contributed by atoms with Gasteiger partial charge in [-0.1, -0.05) is 54.4 Å². The second kappa shape index (κ2) is 9.30. The normalized spacial score (nSPS) is 44.5. The molecule has 0 saturated heterocycles. The van der Waals surface area contributed by atoms with Crippen LogP contribution >= 0.6 is 0 Å². The van der Waals surface area contributed by atoms with Crippen molar-refractivity contribution in [1.82, 2.24) is 0 Å². The molecule has 4 aliphatic carbocycles. The Balaban J connectivity index is 1.49. The van der Waals surface area contributed by atoms with Gasteiger partial charge in [-0.2, -0.15) is 0 Å². The molecule has 0 amide bonds. The third-order valence-electron chi connectivity index (χ3n) is 11.8. The molecule has 0 N–H and O–H groups in total. The van der Waals surface area contributed by atoms with E-state index < -0.39 is 0 Å². The van der Waals surface area contributed by atoms with Crippen LogP contribution in [0.2, 0.25) is 0 Å². The van der Waals surface area contributed by atoms with Crippen molar-refractivity contribution in [3.8, 4) is 0 Å².